The first-order valence-corrected chi connectivity index (χ1v) is 14.4. The second-order valence-electron chi connectivity index (χ2n) is 10.3. The van der Waals surface area contributed by atoms with E-state index >= 15 is 4.39 Å². The van der Waals surface area contributed by atoms with Crippen molar-refractivity contribution in [2.24, 2.45) is 0 Å². The van der Waals surface area contributed by atoms with Crippen LogP contribution in [0, 0.1) is 0 Å². The molecule has 1 saturated carbocycles. The van der Waals surface area contributed by atoms with E-state index in [1.165, 1.54) is 0 Å². The normalized spacial score (nSPS) is 31.7. The minimum atomic E-state index is -1.17. The van der Waals surface area contributed by atoms with Crippen LogP contribution in [0.2, 0.25) is 0 Å². The summed E-state index contributed by atoms with van der Waals surface area (Å²) in [7, 11) is 0. The molecular formula is C30H49FO5. The molecule has 5 nitrogen and oxygen atoms in total. The predicted octanol–water partition coefficient (Wildman–Crippen LogP) is 6.63. The second kappa shape index (κ2) is 15.4. The molecule has 2 fully saturated rings. The minimum absolute atomic E-state index is 0.363. The first-order chi connectivity index (χ1) is 17.6. The molecule has 0 bridgehead atoms. The number of halogens is 1. The van der Waals surface area contributed by atoms with Gasteiger partial charge in [-0.05, 0) is 31.2 Å². The summed E-state index contributed by atoms with van der Waals surface area (Å²) in [5.74, 6) is -0.391. The molecule has 1 aliphatic carbocycles. The van der Waals surface area contributed by atoms with Gasteiger partial charge >= 0.3 is 0 Å². The van der Waals surface area contributed by atoms with Gasteiger partial charge in [0.1, 0.15) is 36.2 Å². The number of rotatable bonds is 18. The Kier molecular flexibility index (Phi) is 12.6. The molecule has 1 spiro atoms. The zero-order valence-corrected chi connectivity index (χ0v) is 23.0. The van der Waals surface area contributed by atoms with E-state index in [0.717, 1.165) is 56.9 Å². The highest BCUT2D eigenvalue weighted by atomic mass is 19.1. The topological polar surface area (TPSA) is 46.2 Å². The third kappa shape index (κ3) is 7.08. The molecule has 1 aromatic rings. The van der Waals surface area contributed by atoms with Gasteiger partial charge in [-0.3, -0.25) is 0 Å². The Hall–Kier alpha value is -1.05. The maximum Gasteiger partial charge on any atom is 0.142 e. The van der Waals surface area contributed by atoms with Crippen LogP contribution < -0.4 is 0 Å². The lowest BCUT2D eigenvalue weighted by molar-refractivity contribution is -0.280. The van der Waals surface area contributed by atoms with Crippen molar-refractivity contribution in [1.82, 2.24) is 0 Å². The van der Waals surface area contributed by atoms with E-state index in [1.807, 2.05) is 30.3 Å². The lowest BCUT2D eigenvalue weighted by Crippen LogP contribution is -2.64. The van der Waals surface area contributed by atoms with Crippen LogP contribution in [0.4, 0.5) is 4.39 Å². The average molecular weight is 509 g/mol. The summed E-state index contributed by atoms with van der Waals surface area (Å²) < 4.78 is 48.2. The molecule has 3 rings (SSSR count). The van der Waals surface area contributed by atoms with Crippen LogP contribution in [0.5, 0.6) is 0 Å². The Bertz CT molecular complexity index is 719. The van der Waals surface area contributed by atoms with Gasteiger partial charge in [0.05, 0.1) is 12.5 Å². The molecule has 0 amide bonds. The van der Waals surface area contributed by atoms with Gasteiger partial charge in [0.2, 0.25) is 0 Å². The maximum atomic E-state index is 16.0. The van der Waals surface area contributed by atoms with Crippen molar-refractivity contribution in [2.45, 2.75) is 121 Å². The Morgan fingerprint density at radius 3 is 1.92 bits per heavy atom. The first-order valence-electron chi connectivity index (χ1n) is 14.4. The number of hydrogen-bond donors (Lipinski definition) is 0. The van der Waals surface area contributed by atoms with Gasteiger partial charge in [-0.1, -0.05) is 83.7 Å². The SMILES string of the molecule is CCCCOC[C@H]1OC2(C(F)C2c2ccccc2)[C@H](OCCCC)[C@@H](OCCCC)[C@@H]1OCCCC. The number of hydrogen-bond acceptors (Lipinski definition) is 5. The third-order valence-electron chi connectivity index (χ3n) is 7.38. The van der Waals surface area contributed by atoms with E-state index in [4.69, 9.17) is 23.7 Å². The van der Waals surface area contributed by atoms with Crippen LogP contribution in [-0.4, -0.2) is 69.2 Å². The van der Waals surface area contributed by atoms with E-state index in [-0.39, 0.29) is 6.10 Å². The van der Waals surface area contributed by atoms with Crippen molar-refractivity contribution in [3.8, 4) is 0 Å². The monoisotopic (exact) mass is 508 g/mol. The quantitative estimate of drug-likeness (QED) is 0.208. The Morgan fingerprint density at radius 2 is 1.31 bits per heavy atom. The largest absolute Gasteiger partial charge is 0.379 e. The molecule has 0 aromatic heterocycles. The van der Waals surface area contributed by atoms with E-state index in [0.29, 0.717) is 33.0 Å². The summed E-state index contributed by atoms with van der Waals surface area (Å²) in [5, 5.41) is 0. The lowest BCUT2D eigenvalue weighted by atomic mass is 9.90. The van der Waals surface area contributed by atoms with Crippen LogP contribution >= 0.6 is 0 Å². The minimum Gasteiger partial charge on any atom is -0.379 e. The summed E-state index contributed by atoms with van der Waals surface area (Å²) in [6.07, 6.45) is 5.01. The van der Waals surface area contributed by atoms with E-state index in [9.17, 15) is 0 Å². The molecule has 1 saturated heterocycles. The zero-order chi connectivity index (χ0) is 25.8. The van der Waals surface area contributed by atoms with Crippen molar-refractivity contribution >= 4 is 0 Å². The van der Waals surface area contributed by atoms with Crippen molar-refractivity contribution in [2.75, 3.05) is 33.0 Å². The fourth-order valence-corrected chi connectivity index (χ4v) is 5.21. The molecule has 36 heavy (non-hydrogen) atoms. The summed E-state index contributed by atoms with van der Waals surface area (Å²) >= 11 is 0. The van der Waals surface area contributed by atoms with Gasteiger partial charge in [-0.2, -0.15) is 0 Å². The van der Waals surface area contributed by atoms with Crippen LogP contribution in [0.15, 0.2) is 30.3 Å². The number of benzene rings is 1. The van der Waals surface area contributed by atoms with Gasteiger partial charge in [0, 0.05) is 26.4 Å². The van der Waals surface area contributed by atoms with Gasteiger partial charge < -0.3 is 23.7 Å². The van der Waals surface area contributed by atoms with E-state index in [2.05, 4.69) is 27.7 Å². The molecule has 2 aliphatic rings. The molecule has 1 heterocycles. The molecule has 0 radical (unpaired) electrons. The second-order valence-corrected chi connectivity index (χ2v) is 10.3. The van der Waals surface area contributed by atoms with Gasteiger partial charge in [0.25, 0.3) is 0 Å². The zero-order valence-electron chi connectivity index (χ0n) is 23.0. The fourth-order valence-electron chi connectivity index (χ4n) is 5.21. The smallest absolute Gasteiger partial charge is 0.142 e. The maximum absolute atomic E-state index is 16.0. The van der Waals surface area contributed by atoms with E-state index < -0.39 is 36.0 Å². The Morgan fingerprint density at radius 1 is 0.750 bits per heavy atom. The number of alkyl halides is 1. The van der Waals surface area contributed by atoms with Crippen molar-refractivity contribution in [3.63, 3.8) is 0 Å². The van der Waals surface area contributed by atoms with Crippen LogP contribution in [-0.2, 0) is 23.7 Å². The van der Waals surface area contributed by atoms with E-state index in [1.54, 1.807) is 0 Å². The first kappa shape index (κ1) is 29.5. The number of ether oxygens (including phenoxy) is 5. The molecule has 206 valence electrons. The average Bonchev–Trinajstić information content (AvgIpc) is 3.48. The van der Waals surface area contributed by atoms with Crippen molar-refractivity contribution in [1.29, 1.82) is 0 Å². The molecule has 7 atom stereocenters. The van der Waals surface area contributed by atoms with Gasteiger partial charge in [0.15, 0.2) is 0 Å². The highest BCUT2D eigenvalue weighted by Crippen LogP contribution is 2.62. The van der Waals surface area contributed by atoms with Crippen molar-refractivity contribution < 1.29 is 28.1 Å². The van der Waals surface area contributed by atoms with Crippen LogP contribution in [0.1, 0.15) is 90.5 Å². The number of unbranched alkanes of at least 4 members (excludes halogenated alkanes) is 4. The highest BCUT2D eigenvalue weighted by molar-refractivity contribution is 5.40. The molecule has 6 heteroatoms. The molecular weight excluding hydrogens is 459 g/mol. The van der Waals surface area contributed by atoms with Crippen molar-refractivity contribution in [3.05, 3.63) is 35.9 Å². The summed E-state index contributed by atoms with van der Waals surface area (Å²) in [6.45, 7) is 11.3. The predicted molar refractivity (Wildman–Crippen MR) is 141 cm³/mol. The molecule has 1 aliphatic heterocycles. The fraction of sp³-hybridized carbons (Fsp3) is 0.800. The Balaban J connectivity index is 1.94. The third-order valence-corrected chi connectivity index (χ3v) is 7.38. The van der Waals surface area contributed by atoms with Gasteiger partial charge in [-0.15, -0.1) is 0 Å². The summed E-state index contributed by atoms with van der Waals surface area (Å²) in [5.41, 5.74) is -0.146. The van der Waals surface area contributed by atoms with Crippen LogP contribution in [0.25, 0.3) is 0 Å². The summed E-state index contributed by atoms with van der Waals surface area (Å²) in [4.78, 5) is 0. The van der Waals surface area contributed by atoms with Gasteiger partial charge in [-0.25, -0.2) is 4.39 Å². The Labute approximate surface area is 218 Å². The lowest BCUT2D eigenvalue weighted by Gasteiger charge is -2.47. The molecule has 0 N–H and O–H groups in total. The molecule has 1 aromatic carbocycles. The standard InChI is InChI=1S/C30H49FO5/c1-5-9-18-32-22-24-26(33-19-10-6-2)27(34-20-11-7-3)29(35-21-12-8-4)30(36-24)25(28(30)31)23-16-14-13-15-17-23/h13-17,24-29H,5-12,18-22H2,1-4H3/t24-,25?,26-,27+,28?,29-,30?/m1/s1. The van der Waals surface area contributed by atoms with Crippen LogP contribution in [0.3, 0.4) is 0 Å². The highest BCUT2D eigenvalue weighted by Gasteiger charge is 2.77. The molecule has 3 unspecified atom stereocenters. The summed E-state index contributed by atoms with van der Waals surface area (Å²) in [6, 6.07) is 9.85.